The number of carbonyl (C=O) groups is 3. The zero-order valence-electron chi connectivity index (χ0n) is 14.7. The molecule has 1 fully saturated rings. The average Bonchev–Trinajstić information content (AvgIpc) is 2.61. The zero-order chi connectivity index (χ0) is 19.7. The molecule has 4 amide bonds. The van der Waals surface area contributed by atoms with Crippen molar-refractivity contribution >= 4 is 29.2 Å². The number of nitrogens with one attached hydrogen (secondary N) is 2. The van der Waals surface area contributed by atoms with E-state index in [1.807, 2.05) is 13.8 Å². The summed E-state index contributed by atoms with van der Waals surface area (Å²) in [6.45, 7) is 3.56. The fraction of sp³-hybridized carbons (Fsp3) is 0.211. The van der Waals surface area contributed by atoms with Crippen LogP contribution in [0.2, 0.25) is 0 Å². The third kappa shape index (κ3) is 3.64. The molecule has 3 rings (SSSR count). The highest BCUT2D eigenvalue weighted by atomic mass is 19.2. The Balaban J connectivity index is 1.82. The van der Waals surface area contributed by atoms with E-state index in [-0.39, 0.29) is 12.2 Å². The molecule has 1 heterocycles. The summed E-state index contributed by atoms with van der Waals surface area (Å²) in [7, 11) is 0. The van der Waals surface area contributed by atoms with Crippen molar-refractivity contribution in [2.75, 3.05) is 16.8 Å². The maximum atomic E-state index is 13.3. The third-order valence-electron chi connectivity index (χ3n) is 4.43. The number of hydrogen-bond acceptors (Lipinski definition) is 3. The van der Waals surface area contributed by atoms with Crippen molar-refractivity contribution in [1.29, 1.82) is 0 Å². The van der Waals surface area contributed by atoms with Crippen LogP contribution in [0, 0.1) is 31.4 Å². The van der Waals surface area contributed by atoms with Gasteiger partial charge in [0.1, 0.15) is 5.92 Å². The van der Waals surface area contributed by atoms with Crippen LogP contribution >= 0.6 is 0 Å². The summed E-state index contributed by atoms with van der Waals surface area (Å²) in [6.07, 6.45) is 0. The Morgan fingerprint density at radius 1 is 1.07 bits per heavy atom. The van der Waals surface area contributed by atoms with Crippen LogP contribution < -0.4 is 15.5 Å². The first-order valence-corrected chi connectivity index (χ1v) is 8.23. The van der Waals surface area contributed by atoms with Crippen molar-refractivity contribution in [3.05, 3.63) is 59.2 Å². The number of aryl methyl sites for hydroxylation is 2. The van der Waals surface area contributed by atoms with E-state index in [4.69, 9.17) is 0 Å². The number of rotatable bonds is 3. The minimum Gasteiger partial charge on any atom is -0.336 e. The second-order valence-corrected chi connectivity index (χ2v) is 6.30. The number of hydrogen-bond donors (Lipinski definition) is 2. The van der Waals surface area contributed by atoms with Gasteiger partial charge in [-0.3, -0.25) is 9.59 Å². The van der Waals surface area contributed by atoms with Crippen LogP contribution in [-0.2, 0) is 9.59 Å². The predicted octanol–water partition coefficient (Wildman–Crippen LogP) is 2.89. The van der Waals surface area contributed by atoms with Gasteiger partial charge in [-0.2, -0.15) is 0 Å². The number of halogens is 2. The van der Waals surface area contributed by atoms with Crippen LogP contribution in [0.25, 0.3) is 0 Å². The molecule has 27 heavy (non-hydrogen) atoms. The number of anilines is 2. The van der Waals surface area contributed by atoms with E-state index in [2.05, 4.69) is 10.6 Å². The highest BCUT2D eigenvalue weighted by Gasteiger charge is 2.39. The normalized spacial score (nSPS) is 16.9. The molecule has 2 aromatic rings. The van der Waals surface area contributed by atoms with Crippen LogP contribution in [-0.4, -0.2) is 24.4 Å². The van der Waals surface area contributed by atoms with Crippen molar-refractivity contribution in [3.8, 4) is 0 Å². The molecule has 0 aromatic heterocycles. The lowest BCUT2D eigenvalue weighted by Gasteiger charge is -2.31. The molecule has 0 saturated carbocycles. The van der Waals surface area contributed by atoms with Crippen molar-refractivity contribution in [2.45, 2.75) is 13.8 Å². The lowest BCUT2D eigenvalue weighted by molar-refractivity contribution is -0.130. The highest BCUT2D eigenvalue weighted by molar-refractivity contribution is 6.23. The summed E-state index contributed by atoms with van der Waals surface area (Å²) in [5.74, 6) is -4.78. The van der Waals surface area contributed by atoms with Gasteiger partial charge in [0.25, 0.3) is 0 Å². The van der Waals surface area contributed by atoms with E-state index >= 15 is 0 Å². The molecule has 0 radical (unpaired) electrons. The molecule has 0 bridgehead atoms. The van der Waals surface area contributed by atoms with Gasteiger partial charge < -0.3 is 10.6 Å². The Morgan fingerprint density at radius 2 is 1.81 bits per heavy atom. The standard InChI is InChI=1S/C19H17F2N3O3/c1-10-3-5-13(7-11(10)2)24-18(26)14(9-22-19(24)27)17(25)23-12-4-6-15(20)16(21)8-12/h3-8,14H,9H2,1-2H3,(H,22,27)(H,23,25). The zero-order valence-corrected chi connectivity index (χ0v) is 14.7. The first-order valence-electron chi connectivity index (χ1n) is 8.23. The van der Waals surface area contributed by atoms with E-state index in [9.17, 15) is 23.2 Å². The Morgan fingerprint density at radius 3 is 2.48 bits per heavy atom. The van der Waals surface area contributed by atoms with Gasteiger partial charge in [-0.15, -0.1) is 0 Å². The largest absolute Gasteiger partial charge is 0.336 e. The number of benzene rings is 2. The van der Waals surface area contributed by atoms with Crippen molar-refractivity contribution in [1.82, 2.24) is 5.32 Å². The molecule has 2 aromatic carbocycles. The molecule has 2 N–H and O–H groups in total. The van der Waals surface area contributed by atoms with Gasteiger partial charge in [-0.05, 0) is 49.2 Å². The lowest BCUT2D eigenvalue weighted by Crippen LogP contribution is -2.58. The Kier molecular flexibility index (Phi) is 4.89. The van der Waals surface area contributed by atoms with Gasteiger partial charge >= 0.3 is 6.03 Å². The number of nitrogens with zero attached hydrogens (tertiary/aromatic N) is 1. The number of urea groups is 1. The predicted molar refractivity (Wildman–Crippen MR) is 95.3 cm³/mol. The van der Waals surface area contributed by atoms with Crippen LogP contribution in [0.4, 0.5) is 25.0 Å². The fourth-order valence-corrected chi connectivity index (χ4v) is 2.73. The molecule has 1 unspecified atom stereocenters. The fourth-order valence-electron chi connectivity index (χ4n) is 2.73. The molecular weight excluding hydrogens is 356 g/mol. The Hall–Kier alpha value is -3.29. The maximum absolute atomic E-state index is 13.3. The molecule has 0 spiro atoms. The smallest absolute Gasteiger partial charge is 0.328 e. The quantitative estimate of drug-likeness (QED) is 0.812. The Bertz CT molecular complexity index is 946. The molecule has 1 saturated heterocycles. The summed E-state index contributed by atoms with van der Waals surface area (Å²) in [5, 5.41) is 4.88. The third-order valence-corrected chi connectivity index (χ3v) is 4.43. The first-order chi connectivity index (χ1) is 12.8. The molecule has 1 aliphatic heterocycles. The molecule has 140 valence electrons. The van der Waals surface area contributed by atoms with Crippen LogP contribution in [0.5, 0.6) is 0 Å². The van der Waals surface area contributed by atoms with Crippen molar-refractivity contribution in [3.63, 3.8) is 0 Å². The number of amides is 4. The first kappa shape index (κ1) is 18.5. The van der Waals surface area contributed by atoms with Crippen LogP contribution in [0.1, 0.15) is 11.1 Å². The van der Waals surface area contributed by atoms with Crippen LogP contribution in [0.15, 0.2) is 36.4 Å². The van der Waals surface area contributed by atoms with Crippen molar-refractivity contribution < 1.29 is 23.2 Å². The van der Waals surface area contributed by atoms with E-state index in [0.29, 0.717) is 5.69 Å². The summed E-state index contributed by atoms with van der Waals surface area (Å²) in [5.41, 5.74) is 2.25. The van der Waals surface area contributed by atoms with E-state index in [1.165, 1.54) is 6.07 Å². The van der Waals surface area contributed by atoms with Gasteiger partial charge in [0.15, 0.2) is 11.6 Å². The minimum atomic E-state index is -1.20. The summed E-state index contributed by atoms with van der Waals surface area (Å²) >= 11 is 0. The summed E-state index contributed by atoms with van der Waals surface area (Å²) in [6, 6.07) is 7.33. The van der Waals surface area contributed by atoms with E-state index in [1.54, 1.807) is 18.2 Å². The summed E-state index contributed by atoms with van der Waals surface area (Å²) in [4.78, 5) is 38.3. The monoisotopic (exact) mass is 373 g/mol. The van der Waals surface area contributed by atoms with Gasteiger partial charge in [0.2, 0.25) is 11.8 Å². The molecule has 1 atom stereocenters. The Labute approximate surface area is 154 Å². The van der Waals surface area contributed by atoms with E-state index in [0.717, 1.165) is 28.2 Å². The maximum Gasteiger partial charge on any atom is 0.328 e. The van der Waals surface area contributed by atoms with Gasteiger partial charge in [0.05, 0.1) is 5.69 Å². The van der Waals surface area contributed by atoms with Gasteiger partial charge in [0, 0.05) is 18.3 Å². The number of imide groups is 1. The van der Waals surface area contributed by atoms with E-state index < -0.39 is 35.4 Å². The highest BCUT2D eigenvalue weighted by Crippen LogP contribution is 2.24. The molecular formula is C19H17F2N3O3. The number of carbonyl (C=O) groups excluding carboxylic acids is 3. The molecule has 8 heteroatoms. The van der Waals surface area contributed by atoms with Crippen molar-refractivity contribution in [2.24, 2.45) is 5.92 Å². The minimum absolute atomic E-state index is 0.0151. The molecule has 0 aliphatic carbocycles. The molecule has 1 aliphatic rings. The average molecular weight is 373 g/mol. The molecule has 6 nitrogen and oxygen atoms in total. The van der Waals surface area contributed by atoms with Gasteiger partial charge in [-0.25, -0.2) is 18.5 Å². The van der Waals surface area contributed by atoms with Crippen LogP contribution in [0.3, 0.4) is 0 Å². The van der Waals surface area contributed by atoms with Gasteiger partial charge in [-0.1, -0.05) is 6.07 Å². The lowest BCUT2D eigenvalue weighted by atomic mass is 10.0. The summed E-state index contributed by atoms with van der Waals surface area (Å²) < 4.78 is 26.3. The second kappa shape index (κ2) is 7.14. The topological polar surface area (TPSA) is 78.5 Å². The second-order valence-electron chi connectivity index (χ2n) is 6.30. The SMILES string of the molecule is Cc1ccc(N2C(=O)NCC(C(=O)Nc3ccc(F)c(F)c3)C2=O)cc1C.